The SMILES string of the molecule is COc1ccc(C2(O)COc3cc(OC)ccc3C2=O)c(O)c1. The summed E-state index contributed by atoms with van der Waals surface area (Å²) in [4.78, 5) is 12.7. The molecule has 0 radical (unpaired) electrons. The van der Waals surface area contributed by atoms with Gasteiger partial charge in [-0.3, -0.25) is 4.79 Å². The van der Waals surface area contributed by atoms with E-state index in [0.717, 1.165) is 0 Å². The number of ketones is 1. The molecule has 0 aliphatic carbocycles. The summed E-state index contributed by atoms with van der Waals surface area (Å²) in [5.74, 6) is 0.535. The van der Waals surface area contributed by atoms with Crippen LogP contribution in [0.3, 0.4) is 0 Å². The summed E-state index contributed by atoms with van der Waals surface area (Å²) >= 11 is 0. The summed E-state index contributed by atoms with van der Waals surface area (Å²) in [5, 5.41) is 20.9. The predicted octanol–water partition coefficient (Wildman–Crippen LogP) is 1.87. The van der Waals surface area contributed by atoms with Gasteiger partial charge in [0.05, 0.1) is 19.8 Å². The van der Waals surface area contributed by atoms with Crippen LogP contribution >= 0.6 is 0 Å². The van der Waals surface area contributed by atoms with Gasteiger partial charge in [-0.1, -0.05) is 0 Å². The Hall–Kier alpha value is -2.73. The van der Waals surface area contributed by atoms with Crippen molar-refractivity contribution in [3.8, 4) is 23.0 Å². The van der Waals surface area contributed by atoms with Gasteiger partial charge in [-0.2, -0.15) is 0 Å². The molecular weight excluding hydrogens is 300 g/mol. The largest absolute Gasteiger partial charge is 0.507 e. The average Bonchev–Trinajstić information content (AvgIpc) is 2.57. The Bertz CT molecular complexity index is 770. The first-order valence-electron chi connectivity index (χ1n) is 6.95. The molecule has 2 aromatic rings. The van der Waals surface area contributed by atoms with E-state index in [1.807, 2.05) is 0 Å². The highest BCUT2D eigenvalue weighted by Crippen LogP contribution is 2.40. The highest BCUT2D eigenvalue weighted by Gasteiger charge is 2.45. The number of rotatable bonds is 3. The number of fused-ring (bicyclic) bond motifs is 1. The van der Waals surface area contributed by atoms with E-state index in [1.54, 1.807) is 18.2 Å². The Balaban J connectivity index is 2.05. The van der Waals surface area contributed by atoms with Gasteiger partial charge < -0.3 is 24.4 Å². The van der Waals surface area contributed by atoms with Crippen molar-refractivity contribution < 1.29 is 29.2 Å². The van der Waals surface area contributed by atoms with E-state index < -0.39 is 11.4 Å². The Morgan fingerprint density at radius 2 is 1.74 bits per heavy atom. The van der Waals surface area contributed by atoms with Crippen LogP contribution in [0.5, 0.6) is 23.0 Å². The maximum absolute atomic E-state index is 12.7. The van der Waals surface area contributed by atoms with E-state index in [2.05, 4.69) is 0 Å². The lowest BCUT2D eigenvalue weighted by Gasteiger charge is -2.32. The molecule has 0 aromatic heterocycles. The highest BCUT2D eigenvalue weighted by atomic mass is 16.5. The van der Waals surface area contributed by atoms with Crippen molar-refractivity contribution >= 4 is 5.78 Å². The molecule has 6 heteroatoms. The molecule has 0 fully saturated rings. The number of carbonyl (C=O) groups is 1. The Morgan fingerprint density at radius 3 is 2.39 bits per heavy atom. The quantitative estimate of drug-likeness (QED) is 0.899. The number of ether oxygens (including phenoxy) is 3. The van der Waals surface area contributed by atoms with E-state index in [1.165, 1.54) is 32.4 Å². The number of hydrogen-bond acceptors (Lipinski definition) is 6. The molecular formula is C17H16O6. The second-order valence-electron chi connectivity index (χ2n) is 5.22. The van der Waals surface area contributed by atoms with Crippen LogP contribution in [-0.2, 0) is 5.60 Å². The molecule has 0 saturated heterocycles. The number of phenolic OH excluding ortho intramolecular Hbond substituents is 1. The minimum absolute atomic E-state index is 0.0739. The number of phenols is 1. The summed E-state index contributed by atoms with van der Waals surface area (Å²) < 4.78 is 15.6. The minimum atomic E-state index is -1.96. The normalized spacial score (nSPS) is 19.7. The van der Waals surface area contributed by atoms with E-state index in [-0.39, 0.29) is 23.5 Å². The molecule has 2 aromatic carbocycles. The van der Waals surface area contributed by atoms with Gasteiger partial charge in [0.2, 0.25) is 5.78 Å². The van der Waals surface area contributed by atoms with Crippen molar-refractivity contribution in [2.45, 2.75) is 5.60 Å². The van der Waals surface area contributed by atoms with Crippen molar-refractivity contribution in [3.63, 3.8) is 0 Å². The van der Waals surface area contributed by atoms with Gasteiger partial charge in [0, 0.05) is 17.7 Å². The lowest BCUT2D eigenvalue weighted by molar-refractivity contribution is -0.00634. The fourth-order valence-electron chi connectivity index (χ4n) is 2.60. The van der Waals surface area contributed by atoms with Gasteiger partial charge in [-0.25, -0.2) is 0 Å². The zero-order valence-electron chi connectivity index (χ0n) is 12.7. The van der Waals surface area contributed by atoms with Crippen LogP contribution < -0.4 is 14.2 Å². The third kappa shape index (κ3) is 2.37. The first kappa shape index (κ1) is 15.2. The Kier molecular flexibility index (Phi) is 3.61. The fraction of sp³-hybridized carbons (Fsp3) is 0.235. The molecule has 1 unspecified atom stereocenters. The molecule has 0 spiro atoms. The van der Waals surface area contributed by atoms with Crippen LogP contribution in [0.1, 0.15) is 15.9 Å². The molecule has 6 nitrogen and oxygen atoms in total. The smallest absolute Gasteiger partial charge is 0.206 e. The van der Waals surface area contributed by atoms with Crippen molar-refractivity contribution in [2.24, 2.45) is 0 Å². The van der Waals surface area contributed by atoms with Gasteiger partial charge in [0.15, 0.2) is 5.60 Å². The number of aromatic hydroxyl groups is 1. The van der Waals surface area contributed by atoms with Crippen molar-refractivity contribution in [3.05, 3.63) is 47.5 Å². The van der Waals surface area contributed by atoms with E-state index >= 15 is 0 Å². The third-order valence-electron chi connectivity index (χ3n) is 3.90. The maximum atomic E-state index is 12.7. The summed E-state index contributed by atoms with van der Waals surface area (Å²) in [6.07, 6.45) is 0. The summed E-state index contributed by atoms with van der Waals surface area (Å²) in [7, 11) is 2.97. The molecule has 23 heavy (non-hydrogen) atoms. The number of hydrogen-bond donors (Lipinski definition) is 2. The summed E-state index contributed by atoms with van der Waals surface area (Å²) in [5.41, 5.74) is -1.66. The van der Waals surface area contributed by atoms with E-state index in [4.69, 9.17) is 14.2 Å². The van der Waals surface area contributed by atoms with Crippen LogP contribution in [0.4, 0.5) is 0 Å². The molecule has 120 valence electrons. The number of aliphatic hydroxyl groups is 1. The first-order chi connectivity index (χ1) is 11.0. The monoisotopic (exact) mass is 316 g/mol. The zero-order valence-corrected chi connectivity index (χ0v) is 12.7. The maximum Gasteiger partial charge on any atom is 0.206 e. The standard InChI is InChI=1S/C17H16O6/c1-21-10-4-6-13(14(18)7-10)17(20)9-23-15-8-11(22-2)3-5-12(15)16(17)19/h3-8,18,20H,9H2,1-2H3. The predicted molar refractivity (Wildman–Crippen MR) is 81.4 cm³/mol. The van der Waals surface area contributed by atoms with Crippen molar-refractivity contribution in [2.75, 3.05) is 20.8 Å². The van der Waals surface area contributed by atoms with Gasteiger partial charge in [-0.15, -0.1) is 0 Å². The van der Waals surface area contributed by atoms with E-state index in [9.17, 15) is 15.0 Å². The molecule has 1 heterocycles. The second-order valence-corrected chi connectivity index (χ2v) is 5.22. The number of benzene rings is 2. The average molecular weight is 316 g/mol. The van der Waals surface area contributed by atoms with Crippen LogP contribution in [0.15, 0.2) is 36.4 Å². The fourth-order valence-corrected chi connectivity index (χ4v) is 2.60. The van der Waals surface area contributed by atoms with E-state index in [0.29, 0.717) is 17.2 Å². The van der Waals surface area contributed by atoms with Crippen molar-refractivity contribution in [1.82, 2.24) is 0 Å². The van der Waals surface area contributed by atoms with Gasteiger partial charge in [0.25, 0.3) is 0 Å². The molecule has 2 N–H and O–H groups in total. The summed E-state index contributed by atoms with van der Waals surface area (Å²) in [6.45, 7) is -0.300. The van der Waals surface area contributed by atoms with Gasteiger partial charge in [0.1, 0.15) is 29.6 Å². The molecule has 3 rings (SSSR count). The minimum Gasteiger partial charge on any atom is -0.507 e. The lowest BCUT2D eigenvalue weighted by Crippen LogP contribution is -2.44. The van der Waals surface area contributed by atoms with Crippen LogP contribution in [0.2, 0.25) is 0 Å². The molecule has 1 aliphatic heterocycles. The molecule has 1 aliphatic rings. The lowest BCUT2D eigenvalue weighted by atomic mass is 9.84. The van der Waals surface area contributed by atoms with Crippen LogP contribution in [-0.4, -0.2) is 36.8 Å². The number of methoxy groups -OCH3 is 2. The third-order valence-corrected chi connectivity index (χ3v) is 3.90. The highest BCUT2D eigenvalue weighted by molar-refractivity contribution is 6.06. The summed E-state index contributed by atoms with van der Waals surface area (Å²) in [6, 6.07) is 9.07. The van der Waals surface area contributed by atoms with Gasteiger partial charge in [-0.05, 0) is 24.3 Å². The number of Topliss-reactive ketones (excluding diaryl/α,β-unsaturated/α-hetero) is 1. The molecule has 0 amide bonds. The van der Waals surface area contributed by atoms with Crippen molar-refractivity contribution in [1.29, 1.82) is 0 Å². The number of carbonyl (C=O) groups excluding carboxylic acids is 1. The molecule has 0 bridgehead atoms. The van der Waals surface area contributed by atoms with Crippen LogP contribution in [0.25, 0.3) is 0 Å². The Morgan fingerprint density at radius 1 is 1.09 bits per heavy atom. The topological polar surface area (TPSA) is 85.2 Å². The first-order valence-corrected chi connectivity index (χ1v) is 6.95. The van der Waals surface area contributed by atoms with Gasteiger partial charge >= 0.3 is 0 Å². The van der Waals surface area contributed by atoms with Crippen LogP contribution in [0, 0.1) is 0 Å². The molecule has 0 saturated carbocycles. The zero-order chi connectivity index (χ0) is 16.6. The second kappa shape index (κ2) is 5.48. The Labute approximate surface area is 132 Å². The molecule has 1 atom stereocenters.